The summed E-state index contributed by atoms with van der Waals surface area (Å²) >= 11 is 0. The van der Waals surface area contributed by atoms with Crippen LogP contribution in [-0.2, 0) is 6.54 Å². The molecule has 0 aliphatic carbocycles. The number of hydrogen-bond donors (Lipinski definition) is 1. The van der Waals surface area contributed by atoms with Crippen molar-refractivity contribution in [3.63, 3.8) is 0 Å². The number of halogens is 1. The van der Waals surface area contributed by atoms with E-state index in [1.165, 1.54) is 18.4 Å². The summed E-state index contributed by atoms with van der Waals surface area (Å²) in [5.74, 6) is 1.37. The molecule has 2 aromatic rings. The van der Waals surface area contributed by atoms with Crippen molar-refractivity contribution < 1.29 is 4.42 Å². The Morgan fingerprint density at radius 1 is 1.26 bits per heavy atom. The van der Waals surface area contributed by atoms with Gasteiger partial charge >= 0.3 is 0 Å². The van der Waals surface area contributed by atoms with Gasteiger partial charge in [-0.15, -0.1) is 12.4 Å². The second-order valence-electron chi connectivity index (χ2n) is 6.48. The summed E-state index contributed by atoms with van der Waals surface area (Å²) in [4.78, 5) is 7.07. The van der Waals surface area contributed by atoms with Crippen LogP contribution >= 0.6 is 12.4 Å². The van der Waals surface area contributed by atoms with Gasteiger partial charge in [-0.05, 0) is 57.8 Å². The standard InChI is InChI=1S/C18H25N3O.ClH/c1-13-3-5-16(6-4-13)18-20-17(12-22-18)11-21-9-7-15(8-10-21)14(2)19;/h3-6,12,14-15H,7-11,19H2,1-2H3;1H. The largest absolute Gasteiger partial charge is 0.444 e. The Kier molecular flexibility index (Phi) is 6.22. The van der Waals surface area contributed by atoms with Gasteiger partial charge in [0.15, 0.2) is 0 Å². The molecule has 0 bridgehead atoms. The number of nitrogens with zero attached hydrogens (tertiary/aromatic N) is 2. The Morgan fingerprint density at radius 2 is 1.91 bits per heavy atom. The molecular formula is C18H26ClN3O. The third-order valence-corrected chi connectivity index (χ3v) is 4.61. The van der Waals surface area contributed by atoms with Crippen molar-refractivity contribution in [2.45, 2.75) is 39.3 Å². The number of benzene rings is 1. The van der Waals surface area contributed by atoms with Crippen LogP contribution in [0, 0.1) is 12.8 Å². The topological polar surface area (TPSA) is 55.3 Å². The predicted molar refractivity (Wildman–Crippen MR) is 95.6 cm³/mol. The highest BCUT2D eigenvalue weighted by molar-refractivity contribution is 5.85. The minimum Gasteiger partial charge on any atom is -0.444 e. The van der Waals surface area contributed by atoms with Gasteiger partial charge in [0.05, 0.1) is 5.69 Å². The monoisotopic (exact) mass is 335 g/mol. The lowest BCUT2D eigenvalue weighted by molar-refractivity contribution is 0.164. The lowest BCUT2D eigenvalue weighted by Crippen LogP contribution is -2.39. The second-order valence-corrected chi connectivity index (χ2v) is 6.48. The third-order valence-electron chi connectivity index (χ3n) is 4.61. The predicted octanol–water partition coefficient (Wildman–Crippen LogP) is 3.63. The summed E-state index contributed by atoms with van der Waals surface area (Å²) in [5.41, 5.74) is 9.28. The first-order valence-corrected chi connectivity index (χ1v) is 8.11. The lowest BCUT2D eigenvalue weighted by Gasteiger charge is -2.33. The Hall–Kier alpha value is -1.36. The highest BCUT2D eigenvalue weighted by Gasteiger charge is 2.22. The van der Waals surface area contributed by atoms with E-state index in [9.17, 15) is 0 Å². The van der Waals surface area contributed by atoms with Crippen LogP contribution in [-0.4, -0.2) is 29.0 Å². The normalized spacial score (nSPS) is 17.7. The van der Waals surface area contributed by atoms with Crippen LogP contribution in [0.4, 0.5) is 0 Å². The Morgan fingerprint density at radius 3 is 2.52 bits per heavy atom. The minimum atomic E-state index is 0. The molecule has 1 aliphatic heterocycles. The van der Waals surface area contributed by atoms with Gasteiger partial charge in [-0.3, -0.25) is 4.90 Å². The number of aryl methyl sites for hydroxylation is 1. The first kappa shape index (κ1) is 18.0. The molecule has 126 valence electrons. The van der Waals surface area contributed by atoms with E-state index in [4.69, 9.17) is 10.2 Å². The van der Waals surface area contributed by atoms with Crippen LogP contribution < -0.4 is 5.73 Å². The molecular weight excluding hydrogens is 310 g/mol. The van der Waals surface area contributed by atoms with Gasteiger partial charge in [-0.2, -0.15) is 0 Å². The van der Waals surface area contributed by atoms with E-state index in [-0.39, 0.29) is 12.4 Å². The van der Waals surface area contributed by atoms with E-state index in [0.717, 1.165) is 30.9 Å². The maximum absolute atomic E-state index is 6.00. The first-order chi connectivity index (χ1) is 10.6. The second kappa shape index (κ2) is 7.95. The zero-order valence-corrected chi connectivity index (χ0v) is 14.7. The average molecular weight is 336 g/mol. The molecule has 0 radical (unpaired) electrons. The summed E-state index contributed by atoms with van der Waals surface area (Å²) in [5, 5.41) is 0. The zero-order valence-electron chi connectivity index (χ0n) is 13.9. The molecule has 4 nitrogen and oxygen atoms in total. The number of nitrogens with two attached hydrogens (primary N) is 1. The Balaban J connectivity index is 0.00000192. The summed E-state index contributed by atoms with van der Waals surface area (Å²) in [6.45, 7) is 7.25. The molecule has 1 fully saturated rings. The molecule has 2 N–H and O–H groups in total. The molecule has 1 unspecified atom stereocenters. The van der Waals surface area contributed by atoms with Gasteiger partial charge in [0, 0.05) is 18.2 Å². The van der Waals surface area contributed by atoms with Crippen LogP contribution in [0.3, 0.4) is 0 Å². The highest BCUT2D eigenvalue weighted by atomic mass is 35.5. The van der Waals surface area contributed by atoms with Gasteiger partial charge in [-0.1, -0.05) is 17.7 Å². The molecule has 3 rings (SSSR count). The molecule has 1 aromatic carbocycles. The van der Waals surface area contributed by atoms with E-state index in [2.05, 4.69) is 48.0 Å². The van der Waals surface area contributed by atoms with Crippen molar-refractivity contribution in [1.82, 2.24) is 9.88 Å². The number of oxazole rings is 1. The fraction of sp³-hybridized carbons (Fsp3) is 0.500. The van der Waals surface area contributed by atoms with Crippen molar-refractivity contribution in [2.24, 2.45) is 11.7 Å². The number of hydrogen-bond acceptors (Lipinski definition) is 4. The van der Waals surface area contributed by atoms with Crippen molar-refractivity contribution in [3.8, 4) is 11.5 Å². The van der Waals surface area contributed by atoms with Crippen molar-refractivity contribution in [2.75, 3.05) is 13.1 Å². The smallest absolute Gasteiger partial charge is 0.226 e. The van der Waals surface area contributed by atoms with Crippen LogP contribution in [0.2, 0.25) is 0 Å². The molecule has 2 heterocycles. The van der Waals surface area contributed by atoms with E-state index < -0.39 is 0 Å². The molecule has 1 atom stereocenters. The number of likely N-dealkylation sites (tertiary alicyclic amines) is 1. The lowest BCUT2D eigenvalue weighted by atomic mass is 9.91. The maximum Gasteiger partial charge on any atom is 0.226 e. The van der Waals surface area contributed by atoms with Crippen LogP contribution in [0.5, 0.6) is 0 Å². The van der Waals surface area contributed by atoms with Crippen LogP contribution in [0.15, 0.2) is 34.9 Å². The Bertz CT molecular complexity index is 601. The van der Waals surface area contributed by atoms with Gasteiger partial charge < -0.3 is 10.2 Å². The van der Waals surface area contributed by atoms with Crippen LogP contribution in [0.25, 0.3) is 11.5 Å². The molecule has 1 aromatic heterocycles. The summed E-state index contributed by atoms with van der Waals surface area (Å²) < 4.78 is 5.63. The quantitative estimate of drug-likeness (QED) is 0.927. The third kappa shape index (κ3) is 4.56. The van der Waals surface area contributed by atoms with Gasteiger partial charge in [0.25, 0.3) is 0 Å². The van der Waals surface area contributed by atoms with Gasteiger partial charge in [0.2, 0.25) is 5.89 Å². The SMILES string of the molecule is Cc1ccc(-c2nc(CN3CCC(C(C)N)CC3)co2)cc1.Cl. The average Bonchev–Trinajstić information content (AvgIpc) is 2.97. The maximum atomic E-state index is 6.00. The molecule has 0 amide bonds. The number of piperidine rings is 1. The van der Waals surface area contributed by atoms with Gasteiger partial charge in [-0.25, -0.2) is 4.98 Å². The van der Waals surface area contributed by atoms with E-state index in [1.54, 1.807) is 6.26 Å². The molecule has 0 saturated carbocycles. The summed E-state index contributed by atoms with van der Waals surface area (Å²) in [7, 11) is 0. The summed E-state index contributed by atoms with van der Waals surface area (Å²) in [6.07, 6.45) is 4.15. The van der Waals surface area contributed by atoms with Crippen molar-refractivity contribution in [3.05, 3.63) is 41.8 Å². The molecule has 23 heavy (non-hydrogen) atoms. The number of aromatic nitrogens is 1. The number of rotatable bonds is 4. The fourth-order valence-electron chi connectivity index (χ4n) is 3.07. The Labute approximate surface area is 144 Å². The van der Waals surface area contributed by atoms with E-state index >= 15 is 0 Å². The summed E-state index contributed by atoms with van der Waals surface area (Å²) in [6, 6.07) is 8.58. The fourth-order valence-corrected chi connectivity index (χ4v) is 3.07. The van der Waals surface area contributed by atoms with Crippen molar-refractivity contribution in [1.29, 1.82) is 0 Å². The van der Waals surface area contributed by atoms with Crippen molar-refractivity contribution >= 4 is 12.4 Å². The zero-order chi connectivity index (χ0) is 15.5. The van der Waals surface area contributed by atoms with Gasteiger partial charge in [0.1, 0.15) is 6.26 Å². The highest BCUT2D eigenvalue weighted by Crippen LogP contribution is 2.23. The molecule has 0 spiro atoms. The molecule has 5 heteroatoms. The molecule has 1 aliphatic rings. The van der Waals surface area contributed by atoms with E-state index in [0.29, 0.717) is 17.9 Å². The minimum absolute atomic E-state index is 0. The first-order valence-electron chi connectivity index (χ1n) is 8.11. The van der Waals surface area contributed by atoms with E-state index in [1.807, 2.05) is 0 Å². The molecule has 1 saturated heterocycles. The van der Waals surface area contributed by atoms with Crippen LogP contribution in [0.1, 0.15) is 31.0 Å².